The fourth-order valence-corrected chi connectivity index (χ4v) is 4.69. The minimum atomic E-state index is 0.0359. The number of hydrogen-bond donors (Lipinski definition) is 2. The summed E-state index contributed by atoms with van der Waals surface area (Å²) in [6.07, 6.45) is 2.32. The number of aromatic hydroxyl groups is 1. The number of benzene rings is 3. The van der Waals surface area contributed by atoms with Crippen molar-refractivity contribution in [3.8, 4) is 5.88 Å². The van der Waals surface area contributed by atoms with Crippen molar-refractivity contribution >= 4 is 45.5 Å². The maximum atomic E-state index is 12.7. The van der Waals surface area contributed by atoms with Gasteiger partial charge in [-0.15, -0.1) is 0 Å². The molecule has 0 bridgehead atoms. The van der Waals surface area contributed by atoms with E-state index in [1.165, 1.54) is 0 Å². The topological polar surface area (TPSA) is 71.9 Å². The third kappa shape index (κ3) is 4.94. The van der Waals surface area contributed by atoms with Crippen LogP contribution in [0.2, 0.25) is 5.02 Å². The van der Waals surface area contributed by atoms with Crippen molar-refractivity contribution in [3.63, 3.8) is 0 Å². The van der Waals surface area contributed by atoms with E-state index >= 15 is 0 Å². The van der Waals surface area contributed by atoms with E-state index in [9.17, 15) is 9.90 Å². The standard InChI is InChI=1S/C28H27ClN4O2/c1-32(25(34)18-33-15-5-6-16-33)22-12-10-21(11-13-22)30-27(19-7-3-2-4-8-19)26-23-14-9-20(29)17-24(23)31-28(26)35/h2-4,7-14,17,31,35H,5-6,15-16,18H2,1H3. The lowest BCUT2D eigenvalue weighted by molar-refractivity contribution is -0.119. The highest BCUT2D eigenvalue weighted by Gasteiger charge is 2.20. The molecule has 178 valence electrons. The molecule has 0 atom stereocenters. The van der Waals surface area contributed by atoms with E-state index in [1.807, 2.05) is 60.7 Å². The number of hydrogen-bond acceptors (Lipinski definition) is 4. The summed E-state index contributed by atoms with van der Waals surface area (Å²) >= 11 is 6.15. The Hall–Kier alpha value is -3.61. The predicted molar refractivity (Wildman–Crippen MR) is 142 cm³/mol. The lowest BCUT2D eigenvalue weighted by Gasteiger charge is -2.21. The molecular formula is C28H27ClN4O2. The number of carbonyl (C=O) groups is 1. The van der Waals surface area contributed by atoms with Crippen molar-refractivity contribution in [2.75, 3.05) is 31.6 Å². The Morgan fingerprint density at radius 1 is 1.06 bits per heavy atom. The van der Waals surface area contributed by atoms with Crippen LogP contribution in [0, 0.1) is 0 Å². The number of rotatable bonds is 6. The molecule has 0 saturated carbocycles. The van der Waals surface area contributed by atoms with E-state index in [0.29, 0.717) is 22.8 Å². The molecule has 0 aliphatic carbocycles. The minimum Gasteiger partial charge on any atom is -0.494 e. The smallest absolute Gasteiger partial charge is 0.240 e. The van der Waals surface area contributed by atoms with Gasteiger partial charge in [-0.3, -0.25) is 9.69 Å². The van der Waals surface area contributed by atoms with E-state index in [1.54, 1.807) is 24.1 Å². The lowest BCUT2D eigenvalue weighted by atomic mass is 10.0. The van der Waals surface area contributed by atoms with E-state index in [2.05, 4.69) is 9.88 Å². The maximum absolute atomic E-state index is 12.7. The van der Waals surface area contributed by atoms with Crippen LogP contribution in [0.25, 0.3) is 10.9 Å². The van der Waals surface area contributed by atoms with Gasteiger partial charge in [0.25, 0.3) is 0 Å². The third-order valence-electron chi connectivity index (χ3n) is 6.43. The van der Waals surface area contributed by atoms with Crippen LogP contribution in [0.5, 0.6) is 5.88 Å². The molecule has 6 nitrogen and oxygen atoms in total. The zero-order chi connectivity index (χ0) is 24.4. The first-order valence-electron chi connectivity index (χ1n) is 11.7. The van der Waals surface area contributed by atoms with Gasteiger partial charge in [0, 0.05) is 28.7 Å². The van der Waals surface area contributed by atoms with E-state index in [-0.39, 0.29) is 11.8 Å². The number of aromatic nitrogens is 1. The fraction of sp³-hybridized carbons (Fsp3) is 0.214. The van der Waals surface area contributed by atoms with Gasteiger partial charge in [0.2, 0.25) is 5.91 Å². The summed E-state index contributed by atoms with van der Waals surface area (Å²) in [6, 6.07) is 22.8. The SMILES string of the molecule is CN(C(=O)CN1CCCC1)c1ccc(N=C(c2ccccc2)c2c(O)[nH]c3cc(Cl)ccc23)cc1. The second-order valence-corrected chi connectivity index (χ2v) is 9.25. The first-order valence-corrected chi connectivity index (χ1v) is 12.1. The highest BCUT2D eigenvalue weighted by atomic mass is 35.5. The molecule has 4 aromatic rings. The molecule has 3 aromatic carbocycles. The van der Waals surface area contributed by atoms with Gasteiger partial charge in [0.05, 0.1) is 29.0 Å². The van der Waals surface area contributed by atoms with E-state index in [4.69, 9.17) is 16.6 Å². The van der Waals surface area contributed by atoms with Crippen LogP contribution in [0.1, 0.15) is 24.0 Å². The second kappa shape index (κ2) is 9.94. The van der Waals surface area contributed by atoms with Gasteiger partial charge in [0.1, 0.15) is 0 Å². The number of aromatic amines is 1. The molecule has 0 unspecified atom stereocenters. The maximum Gasteiger partial charge on any atom is 0.240 e. The quantitative estimate of drug-likeness (QED) is 0.340. The molecule has 0 radical (unpaired) electrons. The highest BCUT2D eigenvalue weighted by Crippen LogP contribution is 2.33. The molecule has 1 saturated heterocycles. The van der Waals surface area contributed by atoms with Crippen LogP contribution in [0.15, 0.2) is 77.8 Å². The number of H-pyrrole nitrogens is 1. The Morgan fingerprint density at radius 3 is 2.49 bits per heavy atom. The van der Waals surface area contributed by atoms with Crippen LogP contribution < -0.4 is 4.90 Å². The third-order valence-corrected chi connectivity index (χ3v) is 6.67. The number of nitrogens with one attached hydrogen (secondary N) is 1. The summed E-state index contributed by atoms with van der Waals surface area (Å²) in [5.41, 5.74) is 4.41. The van der Waals surface area contributed by atoms with Crippen molar-refractivity contribution in [3.05, 3.63) is 88.9 Å². The minimum absolute atomic E-state index is 0.0359. The lowest BCUT2D eigenvalue weighted by Crippen LogP contribution is -2.37. The molecule has 5 rings (SSSR count). The summed E-state index contributed by atoms with van der Waals surface area (Å²) < 4.78 is 0. The van der Waals surface area contributed by atoms with Gasteiger partial charge in [-0.25, -0.2) is 4.99 Å². The molecule has 1 aliphatic heterocycles. The number of aliphatic imine (C=N–C) groups is 1. The summed E-state index contributed by atoms with van der Waals surface area (Å²) in [7, 11) is 1.81. The molecule has 2 N–H and O–H groups in total. The number of likely N-dealkylation sites (N-methyl/N-ethyl adjacent to an activating group) is 1. The van der Waals surface area contributed by atoms with Gasteiger partial charge in [-0.2, -0.15) is 0 Å². The molecule has 1 amide bonds. The number of anilines is 1. The monoisotopic (exact) mass is 486 g/mol. The molecule has 35 heavy (non-hydrogen) atoms. The predicted octanol–water partition coefficient (Wildman–Crippen LogP) is 5.75. The molecule has 2 heterocycles. The van der Waals surface area contributed by atoms with Gasteiger partial charge in [-0.05, 0) is 62.3 Å². The Kier molecular flexibility index (Phi) is 6.57. The van der Waals surface area contributed by atoms with Gasteiger partial charge in [0.15, 0.2) is 5.88 Å². The van der Waals surface area contributed by atoms with E-state index < -0.39 is 0 Å². The fourth-order valence-electron chi connectivity index (χ4n) is 4.52. The molecule has 1 aromatic heterocycles. The summed E-state index contributed by atoms with van der Waals surface area (Å²) in [6.45, 7) is 2.42. The normalized spacial score (nSPS) is 14.5. The van der Waals surface area contributed by atoms with Gasteiger partial charge in [-0.1, -0.05) is 48.0 Å². The van der Waals surface area contributed by atoms with Crippen molar-refractivity contribution in [2.24, 2.45) is 4.99 Å². The molecule has 0 spiro atoms. The average molecular weight is 487 g/mol. The van der Waals surface area contributed by atoms with Crippen LogP contribution >= 0.6 is 11.6 Å². The first kappa shape index (κ1) is 23.1. The summed E-state index contributed by atoms with van der Waals surface area (Å²) in [5, 5.41) is 12.2. The van der Waals surface area contributed by atoms with Crippen molar-refractivity contribution in [2.45, 2.75) is 12.8 Å². The Morgan fingerprint density at radius 2 is 1.77 bits per heavy atom. The van der Waals surface area contributed by atoms with Crippen LogP contribution in [-0.4, -0.2) is 53.3 Å². The number of fused-ring (bicyclic) bond motifs is 1. The first-order chi connectivity index (χ1) is 17.0. The zero-order valence-corrected chi connectivity index (χ0v) is 20.3. The van der Waals surface area contributed by atoms with E-state index in [0.717, 1.165) is 53.8 Å². The molecule has 7 heteroatoms. The molecule has 1 aliphatic rings. The largest absolute Gasteiger partial charge is 0.494 e. The average Bonchev–Trinajstić information content (AvgIpc) is 3.49. The van der Waals surface area contributed by atoms with Crippen LogP contribution in [0.3, 0.4) is 0 Å². The summed E-state index contributed by atoms with van der Waals surface area (Å²) in [5.74, 6) is 0.115. The van der Waals surface area contributed by atoms with Gasteiger partial charge >= 0.3 is 0 Å². The van der Waals surface area contributed by atoms with Crippen molar-refractivity contribution in [1.29, 1.82) is 0 Å². The number of halogens is 1. The number of likely N-dealkylation sites (tertiary alicyclic amines) is 1. The van der Waals surface area contributed by atoms with Crippen LogP contribution in [-0.2, 0) is 4.79 Å². The second-order valence-electron chi connectivity index (χ2n) is 8.82. The van der Waals surface area contributed by atoms with Crippen molar-refractivity contribution < 1.29 is 9.90 Å². The number of nitrogens with zero attached hydrogens (tertiary/aromatic N) is 3. The Labute approximate surface area is 209 Å². The number of carbonyl (C=O) groups excluding carboxylic acids is 1. The molecule has 1 fully saturated rings. The van der Waals surface area contributed by atoms with Crippen LogP contribution in [0.4, 0.5) is 11.4 Å². The summed E-state index contributed by atoms with van der Waals surface area (Å²) in [4.78, 5) is 24.5. The zero-order valence-electron chi connectivity index (χ0n) is 19.5. The number of amides is 1. The Balaban J connectivity index is 1.48. The van der Waals surface area contributed by atoms with Gasteiger partial charge < -0.3 is 15.0 Å². The highest BCUT2D eigenvalue weighted by molar-refractivity contribution is 6.31. The molecular weight excluding hydrogens is 460 g/mol. The Bertz CT molecular complexity index is 1370. The van der Waals surface area contributed by atoms with Crippen molar-refractivity contribution in [1.82, 2.24) is 9.88 Å².